The average molecular weight is 999 g/mol. The molecule has 0 amide bonds. The van der Waals surface area contributed by atoms with E-state index in [-0.39, 0.29) is 5.41 Å². The van der Waals surface area contributed by atoms with E-state index in [1.165, 1.54) is 147 Å². The summed E-state index contributed by atoms with van der Waals surface area (Å²) in [5, 5.41) is 7.53. The predicted octanol–water partition coefficient (Wildman–Crippen LogP) is 22.4. The Kier molecular flexibility index (Phi) is 14.6. The van der Waals surface area contributed by atoms with Gasteiger partial charge in [-0.2, -0.15) is 0 Å². The Labute approximate surface area is 457 Å². The number of anilines is 6. The largest absolute Gasteiger partial charge is 0.310 e. The van der Waals surface area contributed by atoms with Gasteiger partial charge in [-0.15, -0.1) is 0 Å². The van der Waals surface area contributed by atoms with E-state index in [4.69, 9.17) is 0 Å². The number of hydrogen-bond acceptors (Lipinski definition) is 2. The fourth-order valence-electron chi connectivity index (χ4n) is 12.7. The maximum atomic E-state index is 2.63. The molecule has 1 aliphatic carbocycles. The molecule has 2 nitrogen and oxygen atoms in total. The highest BCUT2D eigenvalue weighted by atomic mass is 15.1. The smallest absolute Gasteiger partial charge is 0.0468 e. The first kappa shape index (κ1) is 49.7. The summed E-state index contributed by atoms with van der Waals surface area (Å²) in [6, 6.07) is 91.1. The molecule has 0 radical (unpaired) electrons. The molecule has 11 aromatic carbocycles. The lowest BCUT2D eigenvalue weighted by Crippen LogP contribution is -2.26. The fourth-order valence-corrected chi connectivity index (χ4v) is 12.7. The van der Waals surface area contributed by atoms with Gasteiger partial charge in [-0.05, 0) is 175 Å². The molecule has 77 heavy (non-hydrogen) atoms. The van der Waals surface area contributed by atoms with Gasteiger partial charge in [0.2, 0.25) is 0 Å². The topological polar surface area (TPSA) is 6.48 Å². The molecule has 0 N–H and O–H groups in total. The molecular weight excluding hydrogens is 929 g/mol. The van der Waals surface area contributed by atoms with E-state index in [9.17, 15) is 0 Å². The van der Waals surface area contributed by atoms with E-state index >= 15 is 0 Å². The number of nitrogens with zero attached hydrogens (tertiary/aromatic N) is 2. The van der Waals surface area contributed by atoms with Crippen LogP contribution in [0, 0.1) is 0 Å². The van der Waals surface area contributed by atoms with Crippen molar-refractivity contribution >= 4 is 66.4 Å². The second-order valence-electron chi connectivity index (χ2n) is 21.6. The van der Waals surface area contributed by atoms with E-state index < -0.39 is 0 Å². The Bertz CT molecular complexity index is 3800. The summed E-state index contributed by atoms with van der Waals surface area (Å²) in [6.45, 7) is 4.67. The van der Waals surface area contributed by atoms with E-state index in [1.807, 2.05) is 0 Å². The standard InChI is InChI=1S/C75H70N2/c1-3-5-7-9-21-45-75(46-22-10-8-6-4-2)73-53-64-51-69(76(67-40-37-57-29-17-19-31-59(57)49-67)65-35-23-33-61(47-65)55-25-13-11-14-26-55)42-39-63(64)52-72(73)71-44-43-70(54-74(71)75)77(68-41-38-58-30-18-20-32-60(58)50-68)66-36-24-34-62(48-66)56-27-15-12-16-28-56/h11-20,23-44,47-54H,3-10,21-22,45-46H2,1-2H3. The van der Waals surface area contributed by atoms with Gasteiger partial charge in [-0.25, -0.2) is 0 Å². The molecule has 0 saturated carbocycles. The highest BCUT2D eigenvalue weighted by Crippen LogP contribution is 2.57. The van der Waals surface area contributed by atoms with Crippen LogP contribution in [0.15, 0.2) is 243 Å². The summed E-state index contributed by atoms with van der Waals surface area (Å²) < 4.78 is 0. The van der Waals surface area contributed by atoms with Gasteiger partial charge in [-0.1, -0.05) is 236 Å². The molecule has 11 aromatic rings. The molecule has 12 rings (SSSR count). The maximum Gasteiger partial charge on any atom is 0.0468 e. The monoisotopic (exact) mass is 999 g/mol. The van der Waals surface area contributed by atoms with Crippen molar-refractivity contribution in [2.24, 2.45) is 0 Å². The molecule has 0 atom stereocenters. The third kappa shape index (κ3) is 10.2. The number of hydrogen-bond donors (Lipinski definition) is 0. The Morgan fingerprint density at radius 1 is 0.260 bits per heavy atom. The van der Waals surface area contributed by atoms with Gasteiger partial charge in [0.05, 0.1) is 0 Å². The quantitative estimate of drug-likeness (QED) is 0.0702. The van der Waals surface area contributed by atoms with Crippen molar-refractivity contribution in [1.29, 1.82) is 0 Å². The fraction of sp³-hybridized carbons (Fsp3) is 0.200. The van der Waals surface area contributed by atoms with Crippen LogP contribution in [0.5, 0.6) is 0 Å². The SMILES string of the molecule is CCCCCCCC1(CCCCCCC)c2cc(N(c3cccc(-c4ccccc4)c3)c3ccc4ccccc4c3)ccc2-c2cc3ccc(N(c4cccc(-c5ccccc5)c4)c4ccc5ccccc5c4)cc3cc21. The molecule has 2 heteroatoms. The van der Waals surface area contributed by atoms with E-state index in [0.717, 1.165) is 41.3 Å². The van der Waals surface area contributed by atoms with E-state index in [0.29, 0.717) is 0 Å². The first-order valence-corrected chi connectivity index (χ1v) is 28.7. The normalized spacial score (nSPS) is 12.5. The highest BCUT2D eigenvalue weighted by molar-refractivity contribution is 5.99. The third-order valence-corrected chi connectivity index (χ3v) is 16.6. The molecular formula is C75H70N2. The minimum Gasteiger partial charge on any atom is -0.310 e. The minimum absolute atomic E-state index is 0.147. The number of benzene rings is 11. The van der Waals surface area contributed by atoms with Gasteiger partial charge in [0.1, 0.15) is 0 Å². The molecule has 0 spiro atoms. The predicted molar refractivity (Wildman–Crippen MR) is 332 cm³/mol. The molecule has 0 unspecified atom stereocenters. The molecule has 0 aliphatic heterocycles. The first-order chi connectivity index (χ1) is 38.1. The Balaban J connectivity index is 1.03. The van der Waals surface area contributed by atoms with Crippen molar-refractivity contribution in [3.8, 4) is 33.4 Å². The molecule has 0 saturated heterocycles. The second kappa shape index (κ2) is 22.6. The van der Waals surface area contributed by atoms with Gasteiger partial charge in [-0.3, -0.25) is 0 Å². The molecule has 0 fully saturated rings. The van der Waals surface area contributed by atoms with Crippen LogP contribution in [0.2, 0.25) is 0 Å². The van der Waals surface area contributed by atoms with Gasteiger partial charge >= 0.3 is 0 Å². The maximum absolute atomic E-state index is 2.63. The Morgan fingerprint density at radius 3 is 1.17 bits per heavy atom. The second-order valence-corrected chi connectivity index (χ2v) is 21.6. The van der Waals surface area contributed by atoms with Crippen molar-refractivity contribution in [3.05, 3.63) is 254 Å². The van der Waals surface area contributed by atoms with Crippen LogP contribution in [-0.2, 0) is 5.41 Å². The van der Waals surface area contributed by atoms with Crippen LogP contribution in [0.1, 0.15) is 102 Å². The van der Waals surface area contributed by atoms with Gasteiger partial charge < -0.3 is 9.80 Å². The summed E-state index contributed by atoms with van der Waals surface area (Å²) in [7, 11) is 0. The summed E-state index contributed by atoms with van der Waals surface area (Å²) in [5.74, 6) is 0. The minimum atomic E-state index is -0.147. The first-order valence-electron chi connectivity index (χ1n) is 28.7. The average Bonchev–Trinajstić information content (AvgIpc) is 4.01. The lowest BCUT2D eigenvalue weighted by Gasteiger charge is -2.34. The third-order valence-electron chi connectivity index (χ3n) is 16.6. The van der Waals surface area contributed by atoms with E-state index in [1.54, 1.807) is 0 Å². The van der Waals surface area contributed by atoms with Crippen LogP contribution < -0.4 is 9.80 Å². The number of rotatable bonds is 20. The summed E-state index contributed by atoms with van der Waals surface area (Å²) in [4.78, 5) is 4.99. The highest BCUT2D eigenvalue weighted by Gasteiger charge is 2.43. The van der Waals surface area contributed by atoms with Crippen LogP contribution in [-0.4, -0.2) is 0 Å². The van der Waals surface area contributed by atoms with Gasteiger partial charge in [0.25, 0.3) is 0 Å². The van der Waals surface area contributed by atoms with E-state index in [2.05, 4.69) is 266 Å². The number of unbranched alkanes of at least 4 members (excludes halogenated alkanes) is 8. The summed E-state index contributed by atoms with van der Waals surface area (Å²) >= 11 is 0. The Hall–Kier alpha value is -8.20. The molecule has 380 valence electrons. The van der Waals surface area contributed by atoms with Gasteiger partial charge in [0, 0.05) is 39.5 Å². The molecule has 0 aromatic heterocycles. The molecule has 0 heterocycles. The van der Waals surface area contributed by atoms with Crippen LogP contribution >= 0.6 is 0 Å². The van der Waals surface area contributed by atoms with Crippen molar-refractivity contribution in [2.45, 2.75) is 96.3 Å². The lowest BCUT2D eigenvalue weighted by atomic mass is 9.70. The number of fused-ring (bicyclic) bond motifs is 6. The van der Waals surface area contributed by atoms with Crippen LogP contribution in [0.25, 0.3) is 65.7 Å². The van der Waals surface area contributed by atoms with Crippen LogP contribution in [0.3, 0.4) is 0 Å². The molecule has 1 aliphatic rings. The zero-order chi connectivity index (χ0) is 52.0. The van der Waals surface area contributed by atoms with Crippen molar-refractivity contribution < 1.29 is 0 Å². The van der Waals surface area contributed by atoms with Crippen molar-refractivity contribution in [3.63, 3.8) is 0 Å². The zero-order valence-corrected chi connectivity index (χ0v) is 45.0. The van der Waals surface area contributed by atoms with Crippen molar-refractivity contribution in [2.75, 3.05) is 9.80 Å². The molecule has 0 bridgehead atoms. The van der Waals surface area contributed by atoms with Gasteiger partial charge in [0.15, 0.2) is 0 Å². The van der Waals surface area contributed by atoms with Crippen molar-refractivity contribution in [1.82, 2.24) is 0 Å². The summed E-state index contributed by atoms with van der Waals surface area (Å²) in [6.07, 6.45) is 14.8. The zero-order valence-electron chi connectivity index (χ0n) is 45.0. The summed E-state index contributed by atoms with van der Waals surface area (Å²) in [5.41, 5.74) is 17.5. The van der Waals surface area contributed by atoms with Crippen LogP contribution in [0.4, 0.5) is 34.1 Å². The Morgan fingerprint density at radius 2 is 0.649 bits per heavy atom. The lowest BCUT2D eigenvalue weighted by molar-refractivity contribution is 0.399.